The van der Waals surface area contributed by atoms with Gasteiger partial charge in [0.2, 0.25) is 0 Å². The molecule has 1 N–H and O–H groups in total. The van der Waals surface area contributed by atoms with Crippen molar-refractivity contribution in [2.75, 3.05) is 12.4 Å². The summed E-state index contributed by atoms with van der Waals surface area (Å²) in [4.78, 5) is 11.1. The van der Waals surface area contributed by atoms with Crippen LogP contribution < -0.4 is 5.32 Å². The third-order valence-corrected chi connectivity index (χ3v) is 3.91. The molecule has 0 bridgehead atoms. The second-order valence-electron chi connectivity index (χ2n) is 5.59. The summed E-state index contributed by atoms with van der Waals surface area (Å²) < 4.78 is 4.66. The van der Waals surface area contributed by atoms with E-state index in [0.717, 1.165) is 12.1 Å². The zero-order valence-corrected chi connectivity index (χ0v) is 12.8. The number of carbonyl (C=O) groups is 1. The van der Waals surface area contributed by atoms with E-state index in [1.54, 1.807) is 0 Å². The van der Waals surface area contributed by atoms with E-state index >= 15 is 0 Å². The van der Waals surface area contributed by atoms with Crippen LogP contribution in [0.1, 0.15) is 44.1 Å². The van der Waals surface area contributed by atoms with Gasteiger partial charge in [0.25, 0.3) is 0 Å². The van der Waals surface area contributed by atoms with Crippen LogP contribution in [0.5, 0.6) is 0 Å². The second kappa shape index (κ2) is 8.50. The fourth-order valence-corrected chi connectivity index (χ4v) is 2.61. The molecular formula is C18H25NO2. The van der Waals surface area contributed by atoms with Crippen LogP contribution in [0.2, 0.25) is 0 Å². The van der Waals surface area contributed by atoms with E-state index in [0.29, 0.717) is 12.5 Å². The standard InChI is InChI=1S/C18H25NO2/c1-21-18(20)14-11-15-9-12-17(13-10-15)19-16-7-5-3-2-4-6-8-16/h5,7,9-10,12-13,16,19H,2-4,6,8,11,14H2,1H3. The Hall–Kier alpha value is -1.77. The number of anilines is 1. The van der Waals surface area contributed by atoms with Crippen LogP contribution in [-0.4, -0.2) is 19.1 Å². The van der Waals surface area contributed by atoms with E-state index in [2.05, 4.69) is 46.5 Å². The maximum absolute atomic E-state index is 11.1. The van der Waals surface area contributed by atoms with Gasteiger partial charge in [-0.15, -0.1) is 0 Å². The molecule has 3 heteroatoms. The molecule has 2 rings (SSSR count). The third-order valence-electron chi connectivity index (χ3n) is 3.91. The van der Waals surface area contributed by atoms with Gasteiger partial charge in [0.1, 0.15) is 0 Å². The van der Waals surface area contributed by atoms with E-state index in [-0.39, 0.29) is 5.97 Å². The maximum atomic E-state index is 11.1. The minimum atomic E-state index is -0.156. The fourth-order valence-electron chi connectivity index (χ4n) is 2.61. The van der Waals surface area contributed by atoms with Gasteiger partial charge in [0.15, 0.2) is 0 Å². The van der Waals surface area contributed by atoms with Crippen molar-refractivity contribution < 1.29 is 9.53 Å². The van der Waals surface area contributed by atoms with Crippen molar-refractivity contribution in [1.82, 2.24) is 0 Å². The van der Waals surface area contributed by atoms with Crippen LogP contribution in [0.25, 0.3) is 0 Å². The molecule has 1 atom stereocenters. The zero-order valence-electron chi connectivity index (χ0n) is 12.8. The van der Waals surface area contributed by atoms with Gasteiger partial charge < -0.3 is 10.1 Å². The number of allylic oxidation sites excluding steroid dienone is 1. The molecule has 0 aliphatic heterocycles. The number of benzene rings is 1. The number of methoxy groups -OCH3 is 1. The predicted octanol–water partition coefficient (Wildman–Crippen LogP) is 4.09. The van der Waals surface area contributed by atoms with Crippen LogP contribution in [0.3, 0.4) is 0 Å². The molecular weight excluding hydrogens is 262 g/mol. The molecule has 0 heterocycles. The molecule has 0 saturated heterocycles. The van der Waals surface area contributed by atoms with Crippen molar-refractivity contribution >= 4 is 11.7 Å². The zero-order chi connectivity index (χ0) is 14.9. The normalized spacial score (nSPS) is 18.6. The molecule has 1 aromatic carbocycles. The molecule has 0 spiro atoms. The lowest BCUT2D eigenvalue weighted by Crippen LogP contribution is -2.17. The number of nitrogens with one attached hydrogen (secondary N) is 1. The van der Waals surface area contributed by atoms with Gasteiger partial charge in [-0.1, -0.05) is 37.1 Å². The largest absolute Gasteiger partial charge is 0.469 e. The molecule has 0 amide bonds. The van der Waals surface area contributed by atoms with Crippen molar-refractivity contribution in [1.29, 1.82) is 0 Å². The molecule has 0 fully saturated rings. The van der Waals surface area contributed by atoms with Gasteiger partial charge in [0.05, 0.1) is 7.11 Å². The first-order chi connectivity index (χ1) is 10.3. The van der Waals surface area contributed by atoms with Gasteiger partial charge in [0, 0.05) is 18.2 Å². The summed E-state index contributed by atoms with van der Waals surface area (Å²) in [5, 5.41) is 3.57. The number of esters is 1. The number of carbonyl (C=O) groups excluding carboxylic acids is 1. The smallest absolute Gasteiger partial charge is 0.305 e. The molecule has 0 radical (unpaired) electrons. The topological polar surface area (TPSA) is 38.3 Å². The van der Waals surface area contributed by atoms with Crippen LogP contribution in [0.15, 0.2) is 36.4 Å². The highest BCUT2D eigenvalue weighted by Gasteiger charge is 2.07. The second-order valence-corrected chi connectivity index (χ2v) is 5.59. The highest BCUT2D eigenvalue weighted by atomic mass is 16.5. The van der Waals surface area contributed by atoms with Crippen molar-refractivity contribution in [3.05, 3.63) is 42.0 Å². The lowest BCUT2D eigenvalue weighted by Gasteiger charge is -2.18. The summed E-state index contributed by atoms with van der Waals surface area (Å²) >= 11 is 0. The Morgan fingerprint density at radius 3 is 2.81 bits per heavy atom. The maximum Gasteiger partial charge on any atom is 0.305 e. The third kappa shape index (κ3) is 5.62. The lowest BCUT2D eigenvalue weighted by atomic mass is 10.0. The van der Waals surface area contributed by atoms with Gasteiger partial charge in [-0.25, -0.2) is 0 Å². The molecule has 0 saturated carbocycles. The van der Waals surface area contributed by atoms with Gasteiger partial charge in [-0.2, -0.15) is 0 Å². The Balaban J connectivity index is 1.86. The van der Waals surface area contributed by atoms with E-state index < -0.39 is 0 Å². The van der Waals surface area contributed by atoms with Crippen molar-refractivity contribution in [3.63, 3.8) is 0 Å². The quantitative estimate of drug-likeness (QED) is 0.654. The lowest BCUT2D eigenvalue weighted by molar-refractivity contribution is -0.140. The Bertz CT molecular complexity index is 465. The monoisotopic (exact) mass is 287 g/mol. The van der Waals surface area contributed by atoms with Crippen molar-refractivity contribution in [3.8, 4) is 0 Å². The first-order valence-electron chi connectivity index (χ1n) is 7.87. The average Bonchev–Trinajstić information content (AvgIpc) is 2.48. The van der Waals surface area contributed by atoms with Gasteiger partial charge in [-0.3, -0.25) is 4.79 Å². The number of ether oxygens (including phenoxy) is 1. The summed E-state index contributed by atoms with van der Waals surface area (Å²) in [6.45, 7) is 0. The highest BCUT2D eigenvalue weighted by molar-refractivity contribution is 5.69. The molecule has 1 aliphatic carbocycles. The van der Waals surface area contributed by atoms with Crippen LogP contribution in [0.4, 0.5) is 5.69 Å². The Kier molecular flexibility index (Phi) is 6.32. The summed E-state index contributed by atoms with van der Waals surface area (Å²) in [5.41, 5.74) is 2.31. The van der Waals surface area contributed by atoms with E-state index in [1.807, 2.05) is 0 Å². The fraction of sp³-hybridized carbons (Fsp3) is 0.500. The number of aryl methyl sites for hydroxylation is 1. The van der Waals surface area contributed by atoms with Gasteiger partial charge in [-0.05, 0) is 43.4 Å². The highest BCUT2D eigenvalue weighted by Crippen LogP contribution is 2.17. The Morgan fingerprint density at radius 2 is 2.05 bits per heavy atom. The van der Waals surface area contributed by atoms with Crippen LogP contribution in [0, 0.1) is 0 Å². The van der Waals surface area contributed by atoms with E-state index in [1.165, 1.54) is 44.8 Å². The van der Waals surface area contributed by atoms with E-state index in [4.69, 9.17) is 0 Å². The van der Waals surface area contributed by atoms with Crippen LogP contribution >= 0.6 is 0 Å². The summed E-state index contributed by atoms with van der Waals surface area (Å²) in [7, 11) is 1.43. The SMILES string of the molecule is COC(=O)CCc1ccc(NC2C=CCCCCC2)cc1. The molecule has 114 valence electrons. The summed E-state index contributed by atoms with van der Waals surface area (Å²) in [5.74, 6) is -0.156. The molecule has 1 aromatic rings. The molecule has 1 aliphatic rings. The number of hydrogen-bond acceptors (Lipinski definition) is 3. The van der Waals surface area contributed by atoms with E-state index in [9.17, 15) is 4.79 Å². The van der Waals surface area contributed by atoms with Gasteiger partial charge >= 0.3 is 5.97 Å². The molecule has 21 heavy (non-hydrogen) atoms. The molecule has 3 nitrogen and oxygen atoms in total. The first kappa shape index (κ1) is 15.6. The minimum Gasteiger partial charge on any atom is -0.469 e. The average molecular weight is 287 g/mol. The number of rotatable bonds is 5. The molecule has 1 unspecified atom stereocenters. The predicted molar refractivity (Wildman–Crippen MR) is 86.4 cm³/mol. The first-order valence-corrected chi connectivity index (χ1v) is 7.87. The van der Waals surface area contributed by atoms with Crippen LogP contribution in [-0.2, 0) is 16.0 Å². The summed E-state index contributed by atoms with van der Waals surface area (Å²) in [6, 6.07) is 8.79. The van der Waals surface area contributed by atoms with Crippen molar-refractivity contribution in [2.45, 2.75) is 51.0 Å². The minimum absolute atomic E-state index is 0.156. The van der Waals surface area contributed by atoms with Crippen molar-refractivity contribution in [2.24, 2.45) is 0 Å². The summed E-state index contributed by atoms with van der Waals surface area (Å²) in [6.07, 6.45) is 12.1. The Morgan fingerprint density at radius 1 is 1.24 bits per heavy atom. The number of hydrogen-bond donors (Lipinski definition) is 1. The Labute approximate surface area is 127 Å². The molecule has 0 aromatic heterocycles.